The Kier molecular flexibility index (Phi) is 7.31. The van der Waals surface area contributed by atoms with Crippen molar-refractivity contribution in [2.24, 2.45) is 10.9 Å². The molecule has 1 aromatic heterocycles. The maximum atomic E-state index is 4.81. The zero-order valence-corrected chi connectivity index (χ0v) is 16.7. The van der Waals surface area contributed by atoms with Crippen LogP contribution in [0.3, 0.4) is 0 Å². The van der Waals surface area contributed by atoms with E-state index in [1.165, 1.54) is 37.7 Å². The van der Waals surface area contributed by atoms with Crippen molar-refractivity contribution in [2.75, 3.05) is 6.54 Å². The number of nitrogens with one attached hydrogen (secondary N) is 2. The fraction of sp³-hybridized carbons (Fsp3) is 0.545. The van der Waals surface area contributed by atoms with E-state index in [2.05, 4.69) is 58.3 Å². The zero-order chi connectivity index (χ0) is 18.9. The molecule has 1 aliphatic rings. The molecule has 0 radical (unpaired) electrons. The van der Waals surface area contributed by atoms with Gasteiger partial charge in [0.05, 0.1) is 0 Å². The summed E-state index contributed by atoms with van der Waals surface area (Å²) in [4.78, 5) is 9.33. The second-order valence-electron chi connectivity index (χ2n) is 7.43. The lowest BCUT2D eigenvalue weighted by Crippen LogP contribution is -2.45. The fourth-order valence-electron chi connectivity index (χ4n) is 3.87. The Balaban J connectivity index is 1.62. The van der Waals surface area contributed by atoms with Crippen molar-refractivity contribution >= 4 is 5.96 Å². The van der Waals surface area contributed by atoms with Crippen LogP contribution in [0.1, 0.15) is 57.3 Å². The average molecular weight is 368 g/mol. The van der Waals surface area contributed by atoms with Crippen molar-refractivity contribution in [1.82, 2.24) is 20.2 Å². The number of guanidine groups is 1. The first kappa shape index (κ1) is 19.5. The van der Waals surface area contributed by atoms with E-state index < -0.39 is 0 Å². The van der Waals surface area contributed by atoms with E-state index in [0.29, 0.717) is 12.6 Å². The first-order chi connectivity index (χ1) is 13.3. The molecular formula is C22H33N5. The van der Waals surface area contributed by atoms with E-state index in [9.17, 15) is 0 Å². The van der Waals surface area contributed by atoms with Crippen LogP contribution >= 0.6 is 0 Å². The van der Waals surface area contributed by atoms with Gasteiger partial charge in [0.25, 0.3) is 0 Å². The van der Waals surface area contributed by atoms with E-state index in [1.54, 1.807) is 0 Å². The Morgan fingerprint density at radius 1 is 1.22 bits per heavy atom. The van der Waals surface area contributed by atoms with Crippen LogP contribution in [0.4, 0.5) is 0 Å². The van der Waals surface area contributed by atoms with Gasteiger partial charge < -0.3 is 15.2 Å². The van der Waals surface area contributed by atoms with Gasteiger partial charge in [-0.25, -0.2) is 9.98 Å². The van der Waals surface area contributed by atoms with Gasteiger partial charge in [-0.1, -0.05) is 56.5 Å². The van der Waals surface area contributed by atoms with Crippen LogP contribution in [-0.4, -0.2) is 28.1 Å². The molecule has 2 aromatic rings. The summed E-state index contributed by atoms with van der Waals surface area (Å²) < 4.78 is 2.18. The highest BCUT2D eigenvalue weighted by Crippen LogP contribution is 2.26. The maximum Gasteiger partial charge on any atom is 0.191 e. The van der Waals surface area contributed by atoms with Crippen molar-refractivity contribution < 1.29 is 0 Å². The number of imidazole rings is 1. The predicted molar refractivity (Wildman–Crippen MR) is 112 cm³/mol. The van der Waals surface area contributed by atoms with E-state index in [4.69, 9.17) is 4.99 Å². The molecule has 0 saturated heterocycles. The largest absolute Gasteiger partial charge is 0.357 e. The molecule has 5 nitrogen and oxygen atoms in total. The maximum absolute atomic E-state index is 4.81. The van der Waals surface area contributed by atoms with Crippen molar-refractivity contribution in [3.8, 4) is 0 Å². The van der Waals surface area contributed by atoms with Crippen molar-refractivity contribution in [1.29, 1.82) is 0 Å². The summed E-state index contributed by atoms with van der Waals surface area (Å²) in [5, 5.41) is 7.05. The van der Waals surface area contributed by atoms with Crippen LogP contribution in [-0.2, 0) is 13.1 Å². The first-order valence-electron chi connectivity index (χ1n) is 10.4. The molecule has 1 heterocycles. The number of hydrogen-bond acceptors (Lipinski definition) is 2. The van der Waals surface area contributed by atoms with Gasteiger partial charge >= 0.3 is 0 Å². The molecule has 0 bridgehead atoms. The van der Waals surface area contributed by atoms with Gasteiger partial charge in [0.15, 0.2) is 5.96 Å². The Hall–Kier alpha value is -2.30. The summed E-state index contributed by atoms with van der Waals surface area (Å²) >= 11 is 0. The number of rotatable bonds is 7. The van der Waals surface area contributed by atoms with Gasteiger partial charge in [0, 0.05) is 31.5 Å². The van der Waals surface area contributed by atoms with Crippen LogP contribution in [0.15, 0.2) is 47.7 Å². The number of benzene rings is 1. The van der Waals surface area contributed by atoms with Crippen LogP contribution < -0.4 is 10.6 Å². The fourth-order valence-corrected chi connectivity index (χ4v) is 3.87. The highest BCUT2D eigenvalue weighted by molar-refractivity contribution is 5.80. The quantitative estimate of drug-likeness (QED) is 0.575. The highest BCUT2D eigenvalue weighted by atomic mass is 15.2. The minimum Gasteiger partial charge on any atom is -0.357 e. The number of aliphatic imine (C=N–C) groups is 1. The Morgan fingerprint density at radius 2 is 2.07 bits per heavy atom. The van der Waals surface area contributed by atoms with Crippen molar-refractivity contribution in [3.05, 3.63) is 54.1 Å². The van der Waals surface area contributed by atoms with Crippen LogP contribution in [0.25, 0.3) is 0 Å². The van der Waals surface area contributed by atoms with Gasteiger partial charge in [0.1, 0.15) is 12.4 Å². The van der Waals surface area contributed by atoms with Gasteiger partial charge in [-0.15, -0.1) is 0 Å². The van der Waals surface area contributed by atoms with Gasteiger partial charge in [0.2, 0.25) is 0 Å². The predicted octanol–water partition coefficient (Wildman–Crippen LogP) is 3.96. The smallest absolute Gasteiger partial charge is 0.191 e. The summed E-state index contributed by atoms with van der Waals surface area (Å²) in [5.41, 5.74) is 1.28. The van der Waals surface area contributed by atoms with E-state index in [-0.39, 0.29) is 0 Å². The van der Waals surface area contributed by atoms with Crippen LogP contribution in [0.2, 0.25) is 0 Å². The lowest BCUT2D eigenvalue weighted by Gasteiger charge is -2.30. The Bertz CT molecular complexity index is 707. The molecule has 1 fully saturated rings. The Morgan fingerprint density at radius 3 is 2.85 bits per heavy atom. The molecule has 2 unspecified atom stereocenters. The third-order valence-corrected chi connectivity index (χ3v) is 5.42. The lowest BCUT2D eigenvalue weighted by molar-refractivity contribution is 0.298. The van der Waals surface area contributed by atoms with Gasteiger partial charge in [-0.2, -0.15) is 0 Å². The molecule has 146 valence electrons. The normalized spacial score (nSPS) is 20.4. The molecule has 3 rings (SSSR count). The topological polar surface area (TPSA) is 54.2 Å². The third-order valence-electron chi connectivity index (χ3n) is 5.42. The van der Waals surface area contributed by atoms with Crippen molar-refractivity contribution in [2.45, 2.75) is 65.1 Å². The monoisotopic (exact) mass is 367 g/mol. The molecule has 5 heteroatoms. The molecule has 2 atom stereocenters. The summed E-state index contributed by atoms with van der Waals surface area (Å²) in [6.07, 6.45) is 10.4. The standard InChI is InChI=1S/C22H33N5/c1-3-18-11-8-12-20(15-18)26-22(23-4-2)25-16-21-24-13-14-27(21)17-19-9-6-5-7-10-19/h5-7,9-10,13-14,18,20H,3-4,8,11-12,15-17H2,1-2H3,(H2,23,25,26). The highest BCUT2D eigenvalue weighted by Gasteiger charge is 2.21. The molecule has 0 aliphatic heterocycles. The Labute approximate surface area is 163 Å². The van der Waals surface area contributed by atoms with Gasteiger partial charge in [-0.3, -0.25) is 0 Å². The average Bonchev–Trinajstić information content (AvgIpc) is 3.14. The van der Waals surface area contributed by atoms with E-state index >= 15 is 0 Å². The second-order valence-corrected chi connectivity index (χ2v) is 7.43. The molecule has 1 saturated carbocycles. The number of hydrogen-bond donors (Lipinski definition) is 2. The minimum absolute atomic E-state index is 0.533. The second kappa shape index (κ2) is 10.1. The molecule has 0 amide bonds. The van der Waals surface area contributed by atoms with Crippen LogP contribution in [0.5, 0.6) is 0 Å². The lowest BCUT2D eigenvalue weighted by atomic mass is 9.84. The molecule has 27 heavy (non-hydrogen) atoms. The minimum atomic E-state index is 0.533. The summed E-state index contributed by atoms with van der Waals surface area (Å²) in [6, 6.07) is 11.0. The summed E-state index contributed by atoms with van der Waals surface area (Å²) in [5.74, 6) is 2.75. The first-order valence-corrected chi connectivity index (χ1v) is 10.4. The summed E-state index contributed by atoms with van der Waals surface area (Å²) in [7, 11) is 0. The van der Waals surface area contributed by atoms with E-state index in [0.717, 1.165) is 30.8 Å². The number of nitrogens with zero attached hydrogens (tertiary/aromatic N) is 3. The number of aromatic nitrogens is 2. The zero-order valence-electron chi connectivity index (χ0n) is 16.7. The van der Waals surface area contributed by atoms with E-state index in [1.807, 2.05) is 18.5 Å². The van der Waals surface area contributed by atoms with Gasteiger partial charge in [-0.05, 0) is 31.2 Å². The van der Waals surface area contributed by atoms with Crippen LogP contribution in [0, 0.1) is 5.92 Å². The van der Waals surface area contributed by atoms with Crippen molar-refractivity contribution in [3.63, 3.8) is 0 Å². The molecule has 1 aromatic carbocycles. The summed E-state index contributed by atoms with van der Waals surface area (Å²) in [6.45, 7) is 6.70. The molecule has 0 spiro atoms. The molecule has 2 N–H and O–H groups in total. The third kappa shape index (κ3) is 5.84. The molecular weight excluding hydrogens is 334 g/mol. The SMILES string of the molecule is CCNC(=NCc1nccn1Cc1ccccc1)NC1CCCC(CC)C1. The molecule has 1 aliphatic carbocycles.